The van der Waals surface area contributed by atoms with Crippen LogP contribution in [0.25, 0.3) is 0 Å². The summed E-state index contributed by atoms with van der Waals surface area (Å²) in [5.41, 5.74) is -3.01. The molecule has 90 valence electrons. The third-order valence-corrected chi connectivity index (χ3v) is 8.26. The second-order valence-electron chi connectivity index (χ2n) is 2.58. The predicted octanol–water partition coefficient (Wildman–Crippen LogP) is 2.53. The van der Waals surface area contributed by atoms with Crippen molar-refractivity contribution in [2.24, 2.45) is 0 Å². The molecule has 0 heterocycles. The van der Waals surface area contributed by atoms with Gasteiger partial charge in [-0.25, -0.2) is 4.79 Å². The fourth-order valence-electron chi connectivity index (χ4n) is 0.837. The second-order valence-corrected chi connectivity index (χ2v) is 10.2. The zero-order chi connectivity index (χ0) is 11.9. The van der Waals surface area contributed by atoms with Crippen LogP contribution in [-0.2, 0) is 25.9 Å². The van der Waals surface area contributed by atoms with E-state index in [2.05, 4.69) is 0 Å². The van der Waals surface area contributed by atoms with Gasteiger partial charge in [0.15, 0.2) is 0 Å². The molecule has 0 amide bonds. The number of hydrogen-bond acceptors (Lipinski definition) is 5. The summed E-state index contributed by atoms with van der Waals surface area (Å²) in [7, 11) is 0. The van der Waals surface area contributed by atoms with Crippen molar-refractivity contribution in [3.8, 4) is 0 Å². The maximum Gasteiger partial charge on any atom is 0.343 e. The molecular formula is C8H17O4PS2. The van der Waals surface area contributed by atoms with Crippen molar-refractivity contribution in [2.45, 2.75) is 26.2 Å². The molecule has 2 unspecified atom stereocenters. The summed E-state index contributed by atoms with van der Waals surface area (Å²) in [6.07, 6.45) is 0.664. The van der Waals surface area contributed by atoms with Gasteiger partial charge in [0, 0.05) is 19.4 Å². The molecule has 0 saturated carbocycles. The van der Waals surface area contributed by atoms with Gasteiger partial charge in [-0.3, -0.25) is 0 Å². The van der Waals surface area contributed by atoms with Gasteiger partial charge >= 0.3 is 5.97 Å². The van der Waals surface area contributed by atoms with Gasteiger partial charge in [-0.15, -0.1) is 0 Å². The second kappa shape index (κ2) is 7.63. The van der Waals surface area contributed by atoms with Gasteiger partial charge in [-0.1, -0.05) is 30.1 Å². The van der Waals surface area contributed by atoms with Crippen molar-refractivity contribution in [2.75, 3.05) is 19.4 Å². The summed E-state index contributed by atoms with van der Waals surface area (Å²) in [6.45, 7) is 6.39. The first-order valence-electron chi connectivity index (χ1n) is 4.75. The van der Waals surface area contributed by atoms with Crippen molar-refractivity contribution in [1.29, 1.82) is 0 Å². The minimum atomic E-state index is -2.10. The maximum atomic E-state index is 10.9. The molecule has 1 N–H and O–H groups in total. The fourth-order valence-corrected chi connectivity index (χ4v) is 5.50. The first-order valence-corrected chi connectivity index (χ1v) is 9.14. The Morgan fingerprint density at radius 2 is 2.07 bits per heavy atom. The van der Waals surface area contributed by atoms with E-state index < -0.39 is 16.9 Å². The molecule has 0 spiro atoms. The molecule has 0 aliphatic carbocycles. The zero-order valence-corrected chi connectivity index (χ0v) is 11.7. The molecule has 0 fully saturated rings. The topological polar surface area (TPSA) is 55.8 Å². The molecule has 0 saturated heterocycles. The average Bonchev–Trinajstić information content (AvgIpc) is 2.17. The Hall–Kier alpha value is 0.390. The first-order chi connectivity index (χ1) is 6.99. The average molecular weight is 272 g/mol. The number of hydrogen-bond donors (Lipinski definition) is 1. The Bertz CT molecular complexity index is 247. The van der Waals surface area contributed by atoms with Gasteiger partial charge in [0.25, 0.3) is 0 Å². The highest BCUT2D eigenvalue weighted by Gasteiger charge is 2.27. The van der Waals surface area contributed by atoms with Gasteiger partial charge in [-0.05, 0) is 13.8 Å². The maximum absolute atomic E-state index is 10.9. The molecule has 0 aromatic rings. The highest BCUT2D eigenvalue weighted by atomic mass is 32.9. The minimum Gasteiger partial charge on any atom is -0.479 e. The summed E-state index contributed by atoms with van der Waals surface area (Å²) in [6, 6.07) is 0. The Morgan fingerprint density at radius 3 is 2.40 bits per heavy atom. The van der Waals surface area contributed by atoms with Crippen LogP contribution in [0.3, 0.4) is 0 Å². The van der Waals surface area contributed by atoms with Crippen molar-refractivity contribution < 1.29 is 19.2 Å². The monoisotopic (exact) mass is 272 g/mol. The molecule has 0 aliphatic heterocycles. The van der Waals surface area contributed by atoms with Gasteiger partial charge < -0.3 is 14.4 Å². The van der Waals surface area contributed by atoms with Gasteiger partial charge in [0.2, 0.25) is 5.44 Å². The summed E-state index contributed by atoms with van der Waals surface area (Å²) in [5, 5.41) is 8.90. The Kier molecular flexibility index (Phi) is 7.83. The van der Waals surface area contributed by atoms with Crippen LogP contribution in [0, 0.1) is 0 Å². The van der Waals surface area contributed by atoms with Crippen molar-refractivity contribution in [3.05, 3.63) is 0 Å². The molecule has 0 bridgehead atoms. The van der Waals surface area contributed by atoms with Crippen LogP contribution >= 0.6 is 16.8 Å². The molecule has 7 heteroatoms. The number of rotatable bonds is 8. The van der Waals surface area contributed by atoms with Crippen LogP contribution in [0.4, 0.5) is 0 Å². The number of carbonyl (C=O) groups is 1. The van der Waals surface area contributed by atoms with Crippen LogP contribution in [0.2, 0.25) is 0 Å². The summed E-state index contributed by atoms with van der Waals surface area (Å²) >= 11 is 6.45. The molecular weight excluding hydrogens is 255 g/mol. The number of carboxylic acids is 1. The molecule has 0 aliphatic rings. The van der Waals surface area contributed by atoms with Crippen LogP contribution in [0.1, 0.15) is 20.8 Å². The summed E-state index contributed by atoms with van der Waals surface area (Å²) in [5.74, 6) is -0.996. The molecule has 0 radical (unpaired) electrons. The molecule has 0 aromatic carbocycles. The largest absolute Gasteiger partial charge is 0.479 e. The van der Waals surface area contributed by atoms with Crippen LogP contribution < -0.4 is 0 Å². The number of ether oxygens (including phenoxy) is 1. The highest BCUT2D eigenvalue weighted by Crippen LogP contribution is 2.61. The van der Waals surface area contributed by atoms with Gasteiger partial charge in [0.05, 0.1) is 0 Å². The predicted molar refractivity (Wildman–Crippen MR) is 67.1 cm³/mol. The van der Waals surface area contributed by atoms with E-state index in [4.69, 9.17) is 26.2 Å². The standard InChI is InChI=1S/C8H17O4PS2/c1-4-11-8(7(9)10)15-13(14,6-3)12-5-2/h8H,4-6H2,1-3H3,(H,9,10). The third-order valence-electron chi connectivity index (χ3n) is 1.49. The zero-order valence-electron chi connectivity index (χ0n) is 9.13. The lowest BCUT2D eigenvalue weighted by Gasteiger charge is -2.22. The summed E-state index contributed by atoms with van der Waals surface area (Å²) in [4.78, 5) is 10.9. The quantitative estimate of drug-likeness (QED) is 0.541. The lowest BCUT2D eigenvalue weighted by molar-refractivity contribution is -0.144. The smallest absolute Gasteiger partial charge is 0.343 e. The van der Waals surface area contributed by atoms with E-state index >= 15 is 0 Å². The van der Waals surface area contributed by atoms with E-state index in [-0.39, 0.29) is 0 Å². The molecule has 2 atom stereocenters. The van der Waals surface area contributed by atoms with Crippen LogP contribution in [0.5, 0.6) is 0 Å². The lowest BCUT2D eigenvalue weighted by atomic mass is 10.7. The molecule has 15 heavy (non-hydrogen) atoms. The first kappa shape index (κ1) is 15.4. The Labute approximate surface area is 99.6 Å². The fraction of sp³-hybridized carbons (Fsp3) is 0.875. The van der Waals surface area contributed by atoms with E-state index in [0.29, 0.717) is 19.4 Å². The normalized spacial score (nSPS) is 17.0. The highest BCUT2D eigenvalue weighted by molar-refractivity contribution is 8.69. The third kappa shape index (κ3) is 5.88. The van der Waals surface area contributed by atoms with E-state index in [1.165, 1.54) is 0 Å². The number of carboxylic acid groups (broad SMARTS) is 1. The van der Waals surface area contributed by atoms with Gasteiger partial charge in [0.1, 0.15) is 5.47 Å². The van der Waals surface area contributed by atoms with Crippen molar-refractivity contribution in [3.63, 3.8) is 0 Å². The Balaban J connectivity index is 4.47. The molecule has 4 nitrogen and oxygen atoms in total. The van der Waals surface area contributed by atoms with Crippen LogP contribution in [0.15, 0.2) is 0 Å². The van der Waals surface area contributed by atoms with Crippen molar-refractivity contribution in [1.82, 2.24) is 0 Å². The molecule has 0 rings (SSSR count). The van der Waals surface area contributed by atoms with E-state index in [1.54, 1.807) is 6.92 Å². The summed E-state index contributed by atoms with van der Waals surface area (Å²) < 4.78 is 10.5. The Morgan fingerprint density at radius 1 is 1.47 bits per heavy atom. The van der Waals surface area contributed by atoms with Crippen LogP contribution in [-0.4, -0.2) is 35.9 Å². The number of aliphatic carboxylic acids is 1. The van der Waals surface area contributed by atoms with E-state index in [9.17, 15) is 4.79 Å². The van der Waals surface area contributed by atoms with E-state index in [1.807, 2.05) is 13.8 Å². The SMILES string of the molecule is CCOC(SP(=S)(CC)OCC)C(=O)O. The van der Waals surface area contributed by atoms with Gasteiger partial charge in [-0.2, -0.15) is 0 Å². The minimum absolute atomic E-state index is 0.356. The van der Waals surface area contributed by atoms with E-state index in [0.717, 1.165) is 11.4 Å². The van der Waals surface area contributed by atoms with Crippen molar-refractivity contribution >= 4 is 34.6 Å². The molecule has 0 aromatic heterocycles. The lowest BCUT2D eigenvalue weighted by Crippen LogP contribution is -2.20.